The number of aryl methyl sites for hydroxylation is 1. The largest absolute Gasteiger partial charge is 0.364 e. The highest BCUT2D eigenvalue weighted by Gasteiger charge is 2.28. The minimum absolute atomic E-state index is 0.202. The van der Waals surface area contributed by atoms with Gasteiger partial charge in [-0.25, -0.2) is 4.98 Å². The smallest absolute Gasteiger partial charge is 0.268 e. The molecule has 0 saturated heterocycles. The molecule has 1 aliphatic rings. The topological polar surface area (TPSA) is 99.6 Å². The average Bonchev–Trinajstić information content (AvgIpc) is 3.09. The van der Waals surface area contributed by atoms with Gasteiger partial charge in [0.05, 0.1) is 5.69 Å². The van der Waals surface area contributed by atoms with E-state index in [4.69, 9.17) is 5.73 Å². The van der Waals surface area contributed by atoms with E-state index in [-0.39, 0.29) is 5.69 Å². The number of rotatable bonds is 4. The predicted octanol–water partition coefficient (Wildman–Crippen LogP) is 2.97. The number of hydrogen-bond donors (Lipinski definition) is 1. The normalized spacial score (nSPS) is 14.1. The van der Waals surface area contributed by atoms with Gasteiger partial charge < -0.3 is 10.3 Å². The van der Waals surface area contributed by atoms with E-state index in [1.54, 1.807) is 12.5 Å². The van der Waals surface area contributed by atoms with Crippen molar-refractivity contribution in [3.63, 3.8) is 0 Å². The lowest BCUT2D eigenvalue weighted by molar-refractivity contribution is 0.0996. The Morgan fingerprint density at radius 3 is 2.96 bits per heavy atom. The summed E-state index contributed by atoms with van der Waals surface area (Å²) in [6.45, 7) is 1.91. The van der Waals surface area contributed by atoms with Crippen molar-refractivity contribution in [3.05, 3.63) is 33.6 Å². The minimum atomic E-state index is -0.582. The maximum atomic E-state index is 11.7. The van der Waals surface area contributed by atoms with Crippen molar-refractivity contribution in [2.75, 3.05) is 0 Å². The molecular formula is C15H13BrN6OS. The van der Waals surface area contributed by atoms with Gasteiger partial charge in [0.15, 0.2) is 10.8 Å². The molecule has 3 aromatic rings. The Morgan fingerprint density at radius 1 is 1.46 bits per heavy atom. The fourth-order valence-electron chi connectivity index (χ4n) is 2.51. The van der Waals surface area contributed by atoms with E-state index in [1.807, 2.05) is 12.3 Å². The standard InChI is InChI=1S/C15H13BrN6OS/c1-7-4-18-12(13(17)23)10(11(7)16)9-5-24-15(20-9)14-21-19-6-22(14)8-2-3-8/h4-6,8H,2-3H2,1H3,(H2,17,23). The SMILES string of the molecule is Cc1cnc(C(N)=O)c(-c2csc(-c3nncn3C3CC3)n2)c1Br. The highest BCUT2D eigenvalue weighted by molar-refractivity contribution is 9.10. The Labute approximate surface area is 150 Å². The van der Waals surface area contributed by atoms with Crippen molar-refractivity contribution in [1.82, 2.24) is 24.7 Å². The first-order valence-electron chi connectivity index (χ1n) is 7.37. The van der Waals surface area contributed by atoms with Crippen molar-refractivity contribution in [3.8, 4) is 22.1 Å². The fraction of sp³-hybridized carbons (Fsp3) is 0.267. The molecule has 7 nitrogen and oxygen atoms in total. The van der Waals surface area contributed by atoms with Crippen LogP contribution in [0.15, 0.2) is 22.4 Å². The molecule has 1 aliphatic carbocycles. The van der Waals surface area contributed by atoms with Crippen molar-refractivity contribution >= 4 is 33.2 Å². The summed E-state index contributed by atoms with van der Waals surface area (Å²) in [5.41, 5.74) is 7.84. The predicted molar refractivity (Wildman–Crippen MR) is 93.6 cm³/mol. The molecule has 122 valence electrons. The summed E-state index contributed by atoms with van der Waals surface area (Å²) in [6.07, 6.45) is 5.64. The maximum absolute atomic E-state index is 11.7. The fourth-order valence-corrected chi connectivity index (χ4v) is 3.80. The molecule has 24 heavy (non-hydrogen) atoms. The van der Waals surface area contributed by atoms with E-state index in [0.717, 1.165) is 33.7 Å². The maximum Gasteiger partial charge on any atom is 0.268 e. The van der Waals surface area contributed by atoms with Crippen LogP contribution in [0.2, 0.25) is 0 Å². The van der Waals surface area contributed by atoms with E-state index in [1.165, 1.54) is 11.3 Å². The van der Waals surface area contributed by atoms with E-state index >= 15 is 0 Å². The molecule has 9 heteroatoms. The van der Waals surface area contributed by atoms with Gasteiger partial charge in [-0.1, -0.05) is 0 Å². The second kappa shape index (κ2) is 5.75. The summed E-state index contributed by atoms with van der Waals surface area (Å²) in [5, 5.41) is 10.8. The third-order valence-electron chi connectivity index (χ3n) is 3.89. The molecule has 2 N–H and O–H groups in total. The first-order valence-corrected chi connectivity index (χ1v) is 9.04. The number of amides is 1. The molecule has 3 aromatic heterocycles. The number of primary amides is 1. The zero-order valence-electron chi connectivity index (χ0n) is 12.7. The Kier molecular flexibility index (Phi) is 3.69. The highest BCUT2D eigenvalue weighted by atomic mass is 79.9. The molecule has 1 amide bonds. The van der Waals surface area contributed by atoms with Gasteiger partial charge in [-0.2, -0.15) is 0 Å². The van der Waals surface area contributed by atoms with E-state index in [0.29, 0.717) is 17.3 Å². The molecule has 0 unspecified atom stereocenters. The lowest BCUT2D eigenvalue weighted by atomic mass is 10.1. The van der Waals surface area contributed by atoms with Crippen LogP contribution in [0.4, 0.5) is 0 Å². The zero-order valence-corrected chi connectivity index (χ0v) is 15.1. The number of pyridine rings is 1. The van der Waals surface area contributed by atoms with Gasteiger partial charge in [0.25, 0.3) is 5.91 Å². The molecule has 0 bridgehead atoms. The molecule has 1 saturated carbocycles. The van der Waals surface area contributed by atoms with Crippen LogP contribution in [0.5, 0.6) is 0 Å². The number of nitrogens with zero attached hydrogens (tertiary/aromatic N) is 5. The lowest BCUT2D eigenvalue weighted by Gasteiger charge is -2.08. The Balaban J connectivity index is 1.82. The molecule has 0 aliphatic heterocycles. The third kappa shape index (κ3) is 2.53. The van der Waals surface area contributed by atoms with Crippen LogP contribution in [0.1, 0.15) is 34.9 Å². The van der Waals surface area contributed by atoms with Crippen molar-refractivity contribution in [2.45, 2.75) is 25.8 Å². The van der Waals surface area contributed by atoms with Crippen LogP contribution < -0.4 is 5.73 Å². The monoisotopic (exact) mass is 404 g/mol. The number of carbonyl (C=O) groups is 1. The quantitative estimate of drug-likeness (QED) is 0.720. The van der Waals surface area contributed by atoms with Crippen molar-refractivity contribution < 1.29 is 4.79 Å². The Bertz CT molecular complexity index is 945. The molecule has 0 spiro atoms. The van der Waals surface area contributed by atoms with Gasteiger partial charge in [0.2, 0.25) is 0 Å². The lowest BCUT2D eigenvalue weighted by Crippen LogP contribution is -2.15. The second-order valence-electron chi connectivity index (χ2n) is 5.67. The molecule has 4 rings (SSSR count). The second-order valence-corrected chi connectivity index (χ2v) is 7.33. The van der Waals surface area contributed by atoms with Gasteiger partial charge in [-0.15, -0.1) is 21.5 Å². The van der Waals surface area contributed by atoms with Gasteiger partial charge in [0, 0.05) is 27.7 Å². The molecule has 3 heterocycles. The van der Waals surface area contributed by atoms with Crippen LogP contribution in [0, 0.1) is 6.92 Å². The Hall–Kier alpha value is -2.13. The van der Waals surface area contributed by atoms with Crippen molar-refractivity contribution in [2.24, 2.45) is 5.73 Å². The number of aromatic nitrogens is 5. The zero-order chi connectivity index (χ0) is 16.8. The van der Waals surface area contributed by atoms with Crippen molar-refractivity contribution in [1.29, 1.82) is 0 Å². The first-order chi connectivity index (χ1) is 11.6. The number of hydrogen-bond acceptors (Lipinski definition) is 6. The molecule has 0 radical (unpaired) electrons. The third-order valence-corrected chi connectivity index (χ3v) is 5.75. The van der Waals surface area contributed by atoms with Crippen LogP contribution in [-0.2, 0) is 0 Å². The van der Waals surface area contributed by atoms with Gasteiger partial charge in [-0.05, 0) is 41.3 Å². The van der Waals surface area contributed by atoms with Crippen LogP contribution in [-0.4, -0.2) is 30.6 Å². The summed E-state index contributed by atoms with van der Waals surface area (Å²) in [6, 6.07) is 0.468. The van der Waals surface area contributed by atoms with Gasteiger partial charge in [-0.3, -0.25) is 9.78 Å². The van der Waals surface area contributed by atoms with Gasteiger partial charge in [0.1, 0.15) is 12.0 Å². The van der Waals surface area contributed by atoms with E-state index < -0.39 is 5.91 Å². The summed E-state index contributed by atoms with van der Waals surface area (Å²) in [7, 11) is 0. The number of carbonyl (C=O) groups excluding carboxylic acids is 1. The molecular weight excluding hydrogens is 392 g/mol. The Morgan fingerprint density at radius 2 is 2.25 bits per heavy atom. The van der Waals surface area contributed by atoms with Crippen LogP contribution >= 0.6 is 27.3 Å². The summed E-state index contributed by atoms with van der Waals surface area (Å²) in [5.74, 6) is 0.174. The van der Waals surface area contributed by atoms with Crippen LogP contribution in [0.25, 0.3) is 22.1 Å². The highest BCUT2D eigenvalue weighted by Crippen LogP contribution is 2.39. The number of nitrogens with two attached hydrogens (primary N) is 1. The molecule has 0 atom stereocenters. The summed E-state index contributed by atoms with van der Waals surface area (Å²) in [4.78, 5) is 20.6. The van der Waals surface area contributed by atoms with E-state index in [9.17, 15) is 4.79 Å². The van der Waals surface area contributed by atoms with E-state index in [2.05, 4.69) is 40.7 Å². The minimum Gasteiger partial charge on any atom is -0.364 e. The number of halogens is 1. The number of thiazole rings is 1. The van der Waals surface area contributed by atoms with Gasteiger partial charge >= 0.3 is 0 Å². The first kappa shape index (κ1) is 15.4. The molecule has 0 aromatic carbocycles. The average molecular weight is 405 g/mol. The molecule has 1 fully saturated rings. The summed E-state index contributed by atoms with van der Waals surface area (Å²) >= 11 is 4.99. The summed E-state index contributed by atoms with van der Waals surface area (Å²) < 4.78 is 2.83. The van der Waals surface area contributed by atoms with Crippen LogP contribution in [0.3, 0.4) is 0 Å².